The molecule has 0 atom stereocenters. The molecule has 0 aliphatic carbocycles. The lowest BCUT2D eigenvalue weighted by atomic mass is 10.0. The average molecular weight is 588 g/mol. The smallest absolute Gasteiger partial charge is 0.112 e. The molecule has 0 N–H and O–H groups in total. The maximum atomic E-state index is 2.37. The molecule has 0 aliphatic heterocycles. The van der Waals surface area contributed by atoms with Crippen LogP contribution in [-0.4, -0.2) is 6.16 Å². The van der Waals surface area contributed by atoms with Crippen molar-refractivity contribution in [1.82, 2.24) is 0 Å². The average Bonchev–Trinajstić information content (AvgIpc) is 2.95. The summed E-state index contributed by atoms with van der Waals surface area (Å²) in [4.78, 5) is 0. The van der Waals surface area contributed by atoms with Crippen molar-refractivity contribution >= 4 is 23.2 Å². The second-order valence-corrected chi connectivity index (χ2v) is 14.2. The minimum absolute atomic E-state index is 0. The van der Waals surface area contributed by atoms with Gasteiger partial charge in [0.2, 0.25) is 0 Å². The summed E-state index contributed by atoms with van der Waals surface area (Å²) in [6.07, 6.45) is 13.3. The summed E-state index contributed by atoms with van der Waals surface area (Å²) < 4.78 is 0. The van der Waals surface area contributed by atoms with Crippen LogP contribution in [0.5, 0.6) is 0 Å². The summed E-state index contributed by atoms with van der Waals surface area (Å²) in [6.45, 7) is 4.43. The molecule has 200 valence electrons. The van der Waals surface area contributed by atoms with Gasteiger partial charge in [0.1, 0.15) is 23.2 Å². The number of hydrogen-bond acceptors (Lipinski definition) is 0. The zero-order valence-electron chi connectivity index (χ0n) is 23.3. The van der Waals surface area contributed by atoms with Gasteiger partial charge in [-0.3, -0.25) is 0 Å². The monoisotopic (exact) mass is 586 g/mol. The second-order valence-electron chi connectivity index (χ2n) is 10.5. The Balaban J connectivity index is 0.00000400. The Morgan fingerprint density at radius 1 is 0.447 bits per heavy atom. The SMILES string of the molecule is Cc1ccc(CCCCCCCCCC[P+](c2ccccc2)(c2ccccc2)c2ccccc2)cc1C.[Br-]. The van der Waals surface area contributed by atoms with Crippen molar-refractivity contribution in [1.29, 1.82) is 0 Å². The lowest BCUT2D eigenvalue weighted by Gasteiger charge is -2.27. The quantitative estimate of drug-likeness (QED) is 0.126. The first kappa shape index (κ1) is 30.3. The van der Waals surface area contributed by atoms with Gasteiger partial charge in [0.15, 0.2) is 0 Å². The molecule has 0 aliphatic rings. The number of aryl methyl sites for hydroxylation is 3. The molecule has 0 saturated heterocycles. The molecule has 0 heterocycles. The highest BCUT2D eigenvalue weighted by atomic mass is 79.9. The predicted molar refractivity (Wildman–Crippen MR) is 167 cm³/mol. The lowest BCUT2D eigenvalue weighted by Crippen LogP contribution is -3.00. The normalized spacial score (nSPS) is 11.2. The molecule has 2 heteroatoms. The van der Waals surface area contributed by atoms with Gasteiger partial charge in [0.05, 0.1) is 6.16 Å². The minimum atomic E-state index is -1.66. The van der Waals surface area contributed by atoms with E-state index < -0.39 is 7.26 Å². The highest BCUT2D eigenvalue weighted by Gasteiger charge is 2.44. The standard InChI is InChI=1S/C36H44P.BrH/c1-31-27-28-33(30-32(31)2)20-12-7-5-3-4-6-8-19-29-37(34-21-13-9-14-22-34,35-23-15-10-16-24-35)36-25-17-11-18-26-36;/h9-11,13-18,21-28,30H,3-8,12,19-20,29H2,1-2H3;1H/q+1;/p-1. The molecule has 0 fully saturated rings. The third-order valence-electron chi connectivity index (χ3n) is 7.87. The maximum absolute atomic E-state index is 2.37. The van der Waals surface area contributed by atoms with Crippen LogP contribution < -0.4 is 32.9 Å². The van der Waals surface area contributed by atoms with Crippen LogP contribution in [0.1, 0.15) is 68.1 Å². The first-order valence-corrected chi connectivity index (χ1v) is 16.3. The third-order valence-corrected chi connectivity index (χ3v) is 12.4. The van der Waals surface area contributed by atoms with E-state index in [0.717, 1.165) is 0 Å². The molecule has 0 bridgehead atoms. The second kappa shape index (κ2) is 16.0. The zero-order valence-corrected chi connectivity index (χ0v) is 25.8. The Kier molecular flexibility index (Phi) is 12.8. The molecule has 0 radical (unpaired) electrons. The molecule has 0 unspecified atom stereocenters. The molecule has 0 nitrogen and oxygen atoms in total. The van der Waals surface area contributed by atoms with Crippen LogP contribution in [0, 0.1) is 13.8 Å². The summed E-state index contributed by atoms with van der Waals surface area (Å²) in [5.41, 5.74) is 4.33. The van der Waals surface area contributed by atoms with Crippen molar-refractivity contribution in [2.75, 3.05) is 6.16 Å². The van der Waals surface area contributed by atoms with Gasteiger partial charge in [-0.15, -0.1) is 0 Å². The molecule has 38 heavy (non-hydrogen) atoms. The van der Waals surface area contributed by atoms with Crippen LogP contribution in [0.15, 0.2) is 109 Å². The van der Waals surface area contributed by atoms with Crippen molar-refractivity contribution in [2.45, 2.75) is 71.6 Å². The van der Waals surface area contributed by atoms with Gasteiger partial charge in [0, 0.05) is 0 Å². The number of unbranched alkanes of at least 4 members (excludes halogenated alkanes) is 7. The zero-order chi connectivity index (χ0) is 25.8. The molecule has 0 saturated carbocycles. The summed E-state index contributed by atoms with van der Waals surface area (Å²) in [5.74, 6) is 0. The Bertz CT molecular complexity index is 1090. The Morgan fingerprint density at radius 3 is 1.32 bits per heavy atom. The van der Waals surface area contributed by atoms with E-state index in [2.05, 4.69) is 123 Å². The molecule has 4 rings (SSSR count). The van der Waals surface area contributed by atoms with E-state index in [1.54, 1.807) is 0 Å². The number of benzene rings is 4. The van der Waals surface area contributed by atoms with Gasteiger partial charge in [-0.05, 0) is 92.6 Å². The Labute approximate surface area is 243 Å². The van der Waals surface area contributed by atoms with E-state index in [4.69, 9.17) is 0 Å². The van der Waals surface area contributed by atoms with E-state index in [1.807, 2.05) is 0 Å². The van der Waals surface area contributed by atoms with Gasteiger partial charge >= 0.3 is 0 Å². The van der Waals surface area contributed by atoms with Crippen LogP contribution >= 0.6 is 7.26 Å². The number of hydrogen-bond donors (Lipinski definition) is 0. The van der Waals surface area contributed by atoms with Crippen LogP contribution in [0.3, 0.4) is 0 Å². The van der Waals surface area contributed by atoms with Gasteiger partial charge in [-0.2, -0.15) is 0 Å². The largest absolute Gasteiger partial charge is 1.00 e. The van der Waals surface area contributed by atoms with Gasteiger partial charge in [-0.25, -0.2) is 0 Å². The van der Waals surface area contributed by atoms with E-state index in [1.165, 1.54) is 96.6 Å². The fourth-order valence-corrected chi connectivity index (χ4v) is 9.99. The molecule has 0 amide bonds. The highest BCUT2D eigenvalue weighted by molar-refractivity contribution is 7.95. The van der Waals surface area contributed by atoms with Crippen LogP contribution in [0.25, 0.3) is 0 Å². The van der Waals surface area contributed by atoms with Crippen LogP contribution in [-0.2, 0) is 6.42 Å². The Morgan fingerprint density at radius 2 is 0.868 bits per heavy atom. The van der Waals surface area contributed by atoms with E-state index >= 15 is 0 Å². The molecular weight excluding hydrogens is 543 g/mol. The van der Waals surface area contributed by atoms with Crippen molar-refractivity contribution in [3.63, 3.8) is 0 Å². The molecular formula is C36H44BrP. The first-order valence-electron chi connectivity index (χ1n) is 14.3. The minimum Gasteiger partial charge on any atom is -1.00 e. The van der Waals surface area contributed by atoms with Gasteiger partial charge in [-0.1, -0.05) is 105 Å². The lowest BCUT2D eigenvalue weighted by molar-refractivity contribution is -0.00000753. The molecule has 4 aromatic rings. The predicted octanol–water partition coefficient (Wildman–Crippen LogP) is 5.96. The van der Waals surface area contributed by atoms with Gasteiger partial charge < -0.3 is 17.0 Å². The van der Waals surface area contributed by atoms with Gasteiger partial charge in [0.25, 0.3) is 0 Å². The summed E-state index contributed by atoms with van der Waals surface area (Å²) in [6, 6.07) is 40.9. The van der Waals surface area contributed by atoms with Crippen molar-refractivity contribution in [2.24, 2.45) is 0 Å². The summed E-state index contributed by atoms with van der Waals surface area (Å²) >= 11 is 0. The van der Waals surface area contributed by atoms with Crippen molar-refractivity contribution < 1.29 is 17.0 Å². The first-order chi connectivity index (χ1) is 18.2. The third kappa shape index (κ3) is 8.14. The highest BCUT2D eigenvalue weighted by Crippen LogP contribution is 2.56. The topological polar surface area (TPSA) is 0 Å². The number of halogens is 1. The summed E-state index contributed by atoms with van der Waals surface area (Å²) in [5, 5.41) is 4.53. The molecule has 4 aromatic carbocycles. The molecule has 0 aromatic heterocycles. The molecule has 0 spiro atoms. The van der Waals surface area contributed by atoms with Crippen LogP contribution in [0.2, 0.25) is 0 Å². The van der Waals surface area contributed by atoms with Crippen LogP contribution in [0.4, 0.5) is 0 Å². The van der Waals surface area contributed by atoms with E-state index in [0.29, 0.717) is 0 Å². The fraction of sp³-hybridized carbons (Fsp3) is 0.333. The summed E-state index contributed by atoms with van der Waals surface area (Å²) in [7, 11) is -1.66. The van der Waals surface area contributed by atoms with E-state index in [-0.39, 0.29) is 17.0 Å². The number of rotatable bonds is 14. The maximum Gasteiger partial charge on any atom is 0.112 e. The van der Waals surface area contributed by atoms with Crippen molar-refractivity contribution in [3.05, 3.63) is 126 Å². The fourth-order valence-electron chi connectivity index (χ4n) is 5.58. The Hall–Kier alpha value is -2.21. The van der Waals surface area contributed by atoms with Crippen molar-refractivity contribution in [3.8, 4) is 0 Å². The van der Waals surface area contributed by atoms with E-state index in [9.17, 15) is 0 Å².